The minimum atomic E-state index is 0.500. The Morgan fingerprint density at radius 2 is 2.00 bits per heavy atom. The molecule has 0 rings (SSSR count). The molecule has 26 valence electrons. The van der Waals surface area contributed by atoms with Crippen molar-refractivity contribution < 1.29 is 5.21 Å². The second-order valence-electron chi connectivity index (χ2n) is 0.574. The lowest BCUT2D eigenvalue weighted by molar-refractivity contribution is -0.0664. The molecule has 4 heavy (non-hydrogen) atoms. The van der Waals surface area contributed by atoms with E-state index < -0.39 is 0 Å². The van der Waals surface area contributed by atoms with Crippen molar-refractivity contribution in [3.05, 3.63) is 0 Å². The molecule has 0 unspecified atom stereocenters. The van der Waals surface area contributed by atoms with Crippen molar-refractivity contribution in [2.45, 2.75) is 0 Å². The Morgan fingerprint density at radius 3 is 2.00 bits per heavy atom. The highest BCUT2D eigenvalue weighted by molar-refractivity contribution is 3.79. The average Bonchev–Trinajstić information content (AvgIpc) is 0.811. The third kappa shape index (κ3) is 101. The molecule has 0 aromatic heterocycles. The van der Waals surface area contributed by atoms with Crippen LogP contribution in [0.25, 0.3) is 0 Å². The van der Waals surface area contributed by atoms with Crippen molar-refractivity contribution in [2.75, 3.05) is 7.05 Å². The summed E-state index contributed by atoms with van der Waals surface area (Å²) in [6, 6.07) is 0. The predicted molar refractivity (Wildman–Crippen MR) is 13.7 cm³/mol. The van der Waals surface area contributed by atoms with Crippen LogP contribution in [0.15, 0.2) is 0 Å². The maximum Gasteiger partial charge on any atom is 0.0283 e. The van der Waals surface area contributed by atoms with E-state index in [1.807, 2.05) is 0 Å². The Balaban J connectivity index is 2.32. The van der Waals surface area contributed by atoms with Gasteiger partial charge in [0.1, 0.15) is 0 Å². The molecule has 3 nitrogen and oxygen atoms in total. The maximum atomic E-state index is 7.67. The number of hydrogen-bond acceptors (Lipinski definition) is 3. The molecule has 0 amide bonds. The van der Waals surface area contributed by atoms with Crippen molar-refractivity contribution in [3.63, 3.8) is 0 Å². The van der Waals surface area contributed by atoms with Crippen molar-refractivity contribution in [1.82, 2.24) is 5.17 Å². The maximum absolute atomic E-state index is 7.67. The van der Waals surface area contributed by atoms with Crippen LogP contribution in [0, 0.1) is 0 Å². The fraction of sp³-hybridized carbons (Fsp3) is 1.00. The molecule has 0 saturated heterocycles. The van der Waals surface area contributed by atoms with Gasteiger partial charge in [-0.1, -0.05) is 0 Å². The Kier molecular flexibility index (Phi) is 1.19. The smallest absolute Gasteiger partial charge is 0.0283 e. The topological polar surface area (TPSA) is 49.5 Å². The van der Waals surface area contributed by atoms with Crippen LogP contribution in [0.2, 0.25) is 0 Å². The summed E-state index contributed by atoms with van der Waals surface area (Å²) in [6.07, 6.45) is 0. The fourth-order valence-corrected chi connectivity index (χ4v) is 0. The molecule has 0 aliphatic heterocycles. The molecule has 0 spiro atoms. The first-order chi connectivity index (χ1) is 1.73. The van der Waals surface area contributed by atoms with Gasteiger partial charge in [0, 0.05) is 7.05 Å². The van der Waals surface area contributed by atoms with E-state index in [-0.39, 0.29) is 0 Å². The molecule has 3 heteroatoms. The van der Waals surface area contributed by atoms with Crippen molar-refractivity contribution in [2.24, 2.45) is 5.84 Å². The Bertz CT molecular complexity index is 10.8. The van der Waals surface area contributed by atoms with Gasteiger partial charge in [0.25, 0.3) is 0 Å². The number of hydroxylamine groups is 1. The fourth-order valence-electron chi connectivity index (χ4n) is 0. The van der Waals surface area contributed by atoms with Crippen molar-refractivity contribution in [1.29, 1.82) is 0 Å². The van der Waals surface area contributed by atoms with E-state index in [4.69, 9.17) is 5.21 Å². The molecule has 0 aromatic rings. The summed E-state index contributed by atoms with van der Waals surface area (Å²) in [5.74, 6) is 4.50. The van der Waals surface area contributed by atoms with E-state index in [2.05, 4.69) is 5.84 Å². The molecule has 0 bridgehead atoms. The standard InChI is InChI=1S/CH6N2O/c1-3(2)4/h4H,2H2,1H3. The van der Waals surface area contributed by atoms with Gasteiger partial charge in [-0.2, -0.15) is 0 Å². The van der Waals surface area contributed by atoms with Crippen LogP contribution in [-0.4, -0.2) is 17.4 Å². The Labute approximate surface area is 24.6 Å². The van der Waals surface area contributed by atoms with E-state index in [9.17, 15) is 0 Å². The molecule has 0 saturated carbocycles. The second-order valence-corrected chi connectivity index (χ2v) is 0.574. The highest BCUT2D eigenvalue weighted by Crippen LogP contribution is 1.35. The second kappa shape index (κ2) is 1.23. The molecule has 0 aromatic carbocycles. The van der Waals surface area contributed by atoms with Crippen LogP contribution in [-0.2, 0) is 0 Å². The minimum Gasteiger partial charge on any atom is -0.300 e. The van der Waals surface area contributed by atoms with E-state index in [1.54, 1.807) is 0 Å². The van der Waals surface area contributed by atoms with Crippen LogP contribution >= 0.6 is 0 Å². The van der Waals surface area contributed by atoms with Gasteiger partial charge in [-0.3, -0.25) is 5.21 Å². The first-order valence-electron chi connectivity index (χ1n) is 0.905. The minimum absolute atomic E-state index is 0.500. The summed E-state index contributed by atoms with van der Waals surface area (Å²) in [5.41, 5.74) is 0. The molecular weight excluding hydrogens is 56.0 g/mol. The third-order valence-corrected chi connectivity index (χ3v) is 0. The number of nitrogens with two attached hydrogens (primary N) is 1. The van der Waals surface area contributed by atoms with Gasteiger partial charge in [-0.15, -0.1) is 5.17 Å². The average molecular weight is 62.1 g/mol. The van der Waals surface area contributed by atoms with Crippen LogP contribution in [0.5, 0.6) is 0 Å². The zero-order valence-electron chi connectivity index (χ0n) is 2.47. The van der Waals surface area contributed by atoms with Crippen molar-refractivity contribution >= 4 is 0 Å². The molecule has 0 heterocycles. The van der Waals surface area contributed by atoms with Gasteiger partial charge >= 0.3 is 0 Å². The number of nitrogens with zero attached hydrogens (tertiary/aromatic N) is 1. The van der Waals surface area contributed by atoms with E-state index >= 15 is 0 Å². The van der Waals surface area contributed by atoms with Crippen LogP contribution < -0.4 is 5.84 Å². The largest absolute Gasteiger partial charge is 0.300 e. The zero-order chi connectivity index (χ0) is 3.58. The highest BCUT2D eigenvalue weighted by atomic mass is 16.5. The predicted octanol–water partition coefficient (Wildman–Crippen LogP) is -0.819. The molecule has 0 fully saturated rings. The normalized spacial score (nSPS) is 9.00. The SMILES string of the molecule is CN(N)O. The number of hydrogen-bond donors (Lipinski definition) is 2. The molecule has 0 atom stereocenters. The van der Waals surface area contributed by atoms with Gasteiger partial charge in [0.15, 0.2) is 0 Å². The summed E-state index contributed by atoms with van der Waals surface area (Å²) in [6.45, 7) is 0. The monoisotopic (exact) mass is 62.0 g/mol. The number of hydrazine groups is 1. The van der Waals surface area contributed by atoms with Crippen LogP contribution in [0.1, 0.15) is 0 Å². The van der Waals surface area contributed by atoms with Crippen molar-refractivity contribution in [3.8, 4) is 0 Å². The zero-order valence-corrected chi connectivity index (χ0v) is 2.47. The Hall–Kier alpha value is -0.120. The van der Waals surface area contributed by atoms with E-state index in [0.29, 0.717) is 5.17 Å². The lowest BCUT2D eigenvalue weighted by atomic mass is 11.5. The summed E-state index contributed by atoms with van der Waals surface area (Å²) in [4.78, 5) is 0. The van der Waals surface area contributed by atoms with E-state index in [1.165, 1.54) is 7.05 Å². The number of rotatable bonds is 0. The summed E-state index contributed by atoms with van der Waals surface area (Å²) < 4.78 is 0. The Morgan fingerprint density at radius 1 is 2.00 bits per heavy atom. The first kappa shape index (κ1) is 3.88. The molecule has 0 aliphatic carbocycles. The summed E-state index contributed by atoms with van der Waals surface area (Å²) in [5, 5.41) is 8.17. The van der Waals surface area contributed by atoms with E-state index in [0.717, 1.165) is 0 Å². The molecule has 3 N–H and O–H groups in total. The first-order valence-corrected chi connectivity index (χ1v) is 0.905. The van der Waals surface area contributed by atoms with Gasteiger partial charge < -0.3 is 0 Å². The van der Waals surface area contributed by atoms with Gasteiger partial charge in [0.2, 0.25) is 0 Å². The summed E-state index contributed by atoms with van der Waals surface area (Å²) >= 11 is 0. The molecular formula is CH6N2O. The van der Waals surface area contributed by atoms with Gasteiger partial charge in [0.05, 0.1) is 0 Å². The van der Waals surface area contributed by atoms with Crippen LogP contribution in [0.4, 0.5) is 0 Å². The summed E-state index contributed by atoms with van der Waals surface area (Å²) in [7, 11) is 1.33. The molecule has 0 aliphatic rings. The van der Waals surface area contributed by atoms with Gasteiger partial charge in [-0.25, -0.2) is 5.84 Å². The lowest BCUT2D eigenvalue weighted by Crippen LogP contribution is -2.19. The third-order valence-electron chi connectivity index (χ3n) is 0. The lowest BCUT2D eigenvalue weighted by Gasteiger charge is -1.89. The quantitative estimate of drug-likeness (QED) is 0.285. The molecule has 0 radical (unpaired) electrons. The van der Waals surface area contributed by atoms with Gasteiger partial charge in [-0.05, 0) is 0 Å². The highest BCUT2D eigenvalue weighted by Gasteiger charge is 1.59. The van der Waals surface area contributed by atoms with Crippen LogP contribution in [0.3, 0.4) is 0 Å².